The summed E-state index contributed by atoms with van der Waals surface area (Å²) in [6.07, 6.45) is 3.98. The van der Waals surface area contributed by atoms with Crippen LogP contribution in [0, 0.1) is 0 Å². The molecular weight excluding hydrogens is 216 g/mol. The molecule has 1 aromatic heterocycles. The summed E-state index contributed by atoms with van der Waals surface area (Å²) in [5, 5.41) is 20.8. The molecule has 0 radical (unpaired) electrons. The quantitative estimate of drug-likeness (QED) is 0.795. The van der Waals surface area contributed by atoms with Crippen LogP contribution in [0.4, 0.5) is 0 Å². The van der Waals surface area contributed by atoms with Gasteiger partial charge in [0.1, 0.15) is 0 Å². The summed E-state index contributed by atoms with van der Waals surface area (Å²) < 4.78 is 1.71. The number of rotatable bonds is 2. The van der Waals surface area contributed by atoms with E-state index in [9.17, 15) is 5.11 Å². The molecule has 2 atom stereocenters. The van der Waals surface area contributed by atoms with Crippen molar-refractivity contribution in [1.82, 2.24) is 20.3 Å². The fourth-order valence-electron chi connectivity index (χ4n) is 2.21. The van der Waals surface area contributed by atoms with E-state index in [1.165, 1.54) is 0 Å². The molecule has 1 aromatic carbocycles. The summed E-state index contributed by atoms with van der Waals surface area (Å²) in [4.78, 5) is 0. The Morgan fingerprint density at radius 1 is 1.29 bits per heavy atom. The number of hydrogen-bond acceptors (Lipinski definition) is 4. The second-order valence-corrected chi connectivity index (χ2v) is 4.23. The summed E-state index contributed by atoms with van der Waals surface area (Å²) in [7, 11) is 0. The highest BCUT2D eigenvalue weighted by Crippen LogP contribution is 2.24. The molecule has 1 aliphatic heterocycles. The normalized spacial score (nSPS) is 24.1. The Morgan fingerprint density at radius 2 is 2.12 bits per heavy atom. The molecule has 2 heterocycles. The molecule has 0 aliphatic carbocycles. The molecule has 0 amide bonds. The molecule has 3 rings (SSSR count). The molecule has 1 aliphatic rings. The number of nitrogens with zero attached hydrogens (tertiary/aromatic N) is 3. The summed E-state index contributed by atoms with van der Waals surface area (Å²) in [5.41, 5.74) is 2.08. The van der Waals surface area contributed by atoms with Crippen molar-refractivity contribution in [3.05, 3.63) is 42.2 Å². The third-order valence-electron chi connectivity index (χ3n) is 3.13. The molecule has 0 spiro atoms. The van der Waals surface area contributed by atoms with Crippen molar-refractivity contribution in [3.8, 4) is 5.69 Å². The van der Waals surface area contributed by atoms with E-state index in [0.29, 0.717) is 0 Å². The SMILES string of the molecule is OC1CCNC1c1ccc(-n2ccnn2)cc1. The average molecular weight is 230 g/mol. The van der Waals surface area contributed by atoms with Gasteiger partial charge in [-0.2, -0.15) is 0 Å². The van der Waals surface area contributed by atoms with Crippen LogP contribution >= 0.6 is 0 Å². The first-order valence-corrected chi connectivity index (χ1v) is 5.73. The lowest BCUT2D eigenvalue weighted by Gasteiger charge is -2.15. The molecule has 5 nitrogen and oxygen atoms in total. The van der Waals surface area contributed by atoms with Crippen molar-refractivity contribution in [3.63, 3.8) is 0 Å². The van der Waals surface area contributed by atoms with Gasteiger partial charge in [0.05, 0.1) is 30.2 Å². The molecule has 2 aromatic rings. The minimum atomic E-state index is -0.285. The fraction of sp³-hybridized carbons (Fsp3) is 0.333. The maximum atomic E-state index is 9.81. The van der Waals surface area contributed by atoms with Crippen LogP contribution in [0.3, 0.4) is 0 Å². The number of benzene rings is 1. The summed E-state index contributed by atoms with van der Waals surface area (Å²) in [6, 6.07) is 8.06. The lowest BCUT2D eigenvalue weighted by atomic mass is 10.0. The van der Waals surface area contributed by atoms with Crippen molar-refractivity contribution >= 4 is 0 Å². The van der Waals surface area contributed by atoms with E-state index in [2.05, 4.69) is 15.6 Å². The summed E-state index contributed by atoms with van der Waals surface area (Å²) in [6.45, 7) is 0.872. The molecule has 0 saturated carbocycles. The molecule has 1 fully saturated rings. The first-order chi connectivity index (χ1) is 8.34. The second-order valence-electron chi connectivity index (χ2n) is 4.23. The van der Waals surface area contributed by atoms with Crippen molar-refractivity contribution in [2.24, 2.45) is 0 Å². The van der Waals surface area contributed by atoms with Gasteiger partial charge in [0.15, 0.2) is 0 Å². The highest BCUT2D eigenvalue weighted by molar-refractivity contribution is 5.35. The van der Waals surface area contributed by atoms with E-state index in [1.54, 1.807) is 17.1 Å². The predicted molar refractivity (Wildman–Crippen MR) is 62.7 cm³/mol. The summed E-state index contributed by atoms with van der Waals surface area (Å²) in [5.74, 6) is 0. The number of nitrogens with one attached hydrogen (secondary N) is 1. The zero-order valence-electron chi connectivity index (χ0n) is 9.32. The number of aromatic nitrogens is 3. The van der Waals surface area contributed by atoms with Gasteiger partial charge in [-0.15, -0.1) is 5.10 Å². The minimum Gasteiger partial charge on any atom is -0.391 e. The van der Waals surface area contributed by atoms with Gasteiger partial charge >= 0.3 is 0 Å². The fourth-order valence-corrected chi connectivity index (χ4v) is 2.21. The van der Waals surface area contributed by atoms with Gasteiger partial charge in [-0.05, 0) is 30.7 Å². The monoisotopic (exact) mass is 230 g/mol. The van der Waals surface area contributed by atoms with E-state index >= 15 is 0 Å². The second kappa shape index (κ2) is 4.27. The lowest BCUT2D eigenvalue weighted by Crippen LogP contribution is -2.20. The Morgan fingerprint density at radius 3 is 2.71 bits per heavy atom. The smallest absolute Gasteiger partial charge is 0.0747 e. The molecular formula is C12H14N4O. The highest BCUT2D eigenvalue weighted by Gasteiger charge is 2.25. The van der Waals surface area contributed by atoms with Gasteiger partial charge in [0, 0.05) is 0 Å². The Balaban J connectivity index is 1.85. The largest absolute Gasteiger partial charge is 0.391 e. The van der Waals surface area contributed by atoms with Gasteiger partial charge in [-0.3, -0.25) is 0 Å². The predicted octanol–water partition coefficient (Wildman–Crippen LogP) is 0.663. The first-order valence-electron chi connectivity index (χ1n) is 5.73. The maximum Gasteiger partial charge on any atom is 0.0747 e. The van der Waals surface area contributed by atoms with Gasteiger partial charge in [0.25, 0.3) is 0 Å². The van der Waals surface area contributed by atoms with Gasteiger partial charge < -0.3 is 10.4 Å². The van der Waals surface area contributed by atoms with Crippen LogP contribution in [-0.2, 0) is 0 Å². The molecule has 88 valence electrons. The minimum absolute atomic E-state index is 0.0554. The zero-order valence-corrected chi connectivity index (χ0v) is 9.32. The number of aliphatic hydroxyl groups is 1. The number of hydrogen-bond donors (Lipinski definition) is 2. The van der Waals surface area contributed by atoms with Crippen LogP contribution in [0.25, 0.3) is 5.69 Å². The van der Waals surface area contributed by atoms with E-state index in [-0.39, 0.29) is 12.1 Å². The van der Waals surface area contributed by atoms with E-state index < -0.39 is 0 Å². The van der Waals surface area contributed by atoms with Gasteiger partial charge in [-0.1, -0.05) is 17.3 Å². The van der Waals surface area contributed by atoms with E-state index in [4.69, 9.17) is 0 Å². The zero-order chi connectivity index (χ0) is 11.7. The highest BCUT2D eigenvalue weighted by atomic mass is 16.3. The van der Waals surface area contributed by atoms with Crippen molar-refractivity contribution in [2.75, 3.05) is 6.54 Å². The Bertz CT molecular complexity index is 480. The average Bonchev–Trinajstić information content (AvgIpc) is 3.00. The number of aliphatic hydroxyl groups excluding tert-OH is 1. The molecule has 5 heteroatoms. The third kappa shape index (κ3) is 1.94. The summed E-state index contributed by atoms with van der Waals surface area (Å²) >= 11 is 0. The van der Waals surface area contributed by atoms with Crippen LogP contribution in [0.1, 0.15) is 18.0 Å². The molecule has 1 saturated heterocycles. The van der Waals surface area contributed by atoms with Crippen LogP contribution in [-0.4, -0.2) is 32.7 Å². The topological polar surface area (TPSA) is 63.0 Å². The van der Waals surface area contributed by atoms with Gasteiger partial charge in [0.2, 0.25) is 0 Å². The van der Waals surface area contributed by atoms with E-state index in [1.807, 2.05) is 24.3 Å². The Labute approximate surface area is 99.1 Å². The van der Waals surface area contributed by atoms with Crippen molar-refractivity contribution < 1.29 is 5.11 Å². The van der Waals surface area contributed by atoms with Crippen LogP contribution < -0.4 is 5.32 Å². The third-order valence-corrected chi connectivity index (χ3v) is 3.13. The van der Waals surface area contributed by atoms with Crippen LogP contribution in [0.2, 0.25) is 0 Å². The lowest BCUT2D eigenvalue weighted by molar-refractivity contribution is 0.160. The van der Waals surface area contributed by atoms with Gasteiger partial charge in [-0.25, -0.2) is 4.68 Å². The first kappa shape index (κ1) is 10.4. The molecule has 0 bridgehead atoms. The molecule has 2 N–H and O–H groups in total. The molecule has 2 unspecified atom stereocenters. The Kier molecular flexibility index (Phi) is 2.62. The Hall–Kier alpha value is -1.72. The van der Waals surface area contributed by atoms with E-state index in [0.717, 1.165) is 24.2 Å². The van der Waals surface area contributed by atoms with Crippen LogP contribution in [0.5, 0.6) is 0 Å². The maximum absolute atomic E-state index is 9.81. The van der Waals surface area contributed by atoms with Crippen LogP contribution in [0.15, 0.2) is 36.7 Å². The molecule has 17 heavy (non-hydrogen) atoms. The standard InChI is InChI=1S/C12H14N4O/c17-11-5-6-13-12(11)9-1-3-10(4-2-9)16-8-7-14-15-16/h1-4,7-8,11-13,17H,5-6H2. The van der Waals surface area contributed by atoms with Crippen molar-refractivity contribution in [1.29, 1.82) is 0 Å². The van der Waals surface area contributed by atoms with Crippen molar-refractivity contribution in [2.45, 2.75) is 18.6 Å².